The number of aromatic nitrogens is 1. The van der Waals surface area contributed by atoms with E-state index in [9.17, 15) is 9.59 Å². The van der Waals surface area contributed by atoms with Crippen molar-refractivity contribution in [3.8, 4) is 0 Å². The molecule has 5 rings (SSSR count). The number of rotatable bonds is 3. The van der Waals surface area contributed by atoms with Gasteiger partial charge >= 0.3 is 0 Å². The highest BCUT2D eigenvalue weighted by atomic mass is 16.2. The van der Waals surface area contributed by atoms with Crippen molar-refractivity contribution in [3.63, 3.8) is 0 Å². The normalized spacial score (nSPS) is 36.3. The van der Waals surface area contributed by atoms with Crippen molar-refractivity contribution in [1.82, 2.24) is 14.8 Å². The molecule has 132 valence electrons. The molecule has 3 heterocycles. The van der Waals surface area contributed by atoms with E-state index in [2.05, 4.69) is 9.88 Å². The minimum Gasteiger partial charge on any atom is -0.342 e. The van der Waals surface area contributed by atoms with Crippen LogP contribution in [0.2, 0.25) is 0 Å². The maximum absolute atomic E-state index is 13.0. The van der Waals surface area contributed by atoms with Crippen molar-refractivity contribution in [3.05, 3.63) is 30.1 Å². The number of carbonyl (C=O) groups is 2. The predicted molar refractivity (Wildman–Crippen MR) is 92.2 cm³/mol. The molecule has 0 N–H and O–H groups in total. The van der Waals surface area contributed by atoms with Crippen molar-refractivity contribution in [2.24, 2.45) is 29.6 Å². The summed E-state index contributed by atoms with van der Waals surface area (Å²) in [6.07, 6.45) is 8.01. The zero-order valence-corrected chi connectivity index (χ0v) is 14.5. The first kappa shape index (κ1) is 15.4. The van der Waals surface area contributed by atoms with Crippen LogP contribution >= 0.6 is 0 Å². The average Bonchev–Trinajstić information content (AvgIpc) is 3.37. The third-order valence-electron chi connectivity index (χ3n) is 7.14. The minimum absolute atomic E-state index is 0.106. The van der Waals surface area contributed by atoms with Crippen molar-refractivity contribution in [2.75, 3.05) is 19.6 Å². The number of hydrogen-bond donors (Lipinski definition) is 0. The van der Waals surface area contributed by atoms with Crippen molar-refractivity contribution < 1.29 is 9.59 Å². The minimum atomic E-state index is -0.147. The first-order valence-corrected chi connectivity index (χ1v) is 9.64. The summed E-state index contributed by atoms with van der Waals surface area (Å²) in [6, 6.07) is 3.86. The summed E-state index contributed by atoms with van der Waals surface area (Å²) in [6.45, 7) is 3.04. The molecule has 1 aromatic heterocycles. The molecule has 2 aliphatic heterocycles. The van der Waals surface area contributed by atoms with E-state index >= 15 is 0 Å². The largest absolute Gasteiger partial charge is 0.342 e. The molecule has 2 aliphatic carbocycles. The molecule has 1 unspecified atom stereocenters. The zero-order chi connectivity index (χ0) is 17.0. The van der Waals surface area contributed by atoms with Crippen molar-refractivity contribution in [2.45, 2.75) is 32.2 Å². The SMILES string of the molecule is O=C1CC(C(=O)N2C[C@@H]3[C@@H]4CC[C@@H](C4)[C@@H]3C2)CN1Cc1ccncc1. The summed E-state index contributed by atoms with van der Waals surface area (Å²) in [5.41, 5.74) is 1.07. The molecular weight excluding hydrogens is 314 g/mol. The van der Waals surface area contributed by atoms with E-state index in [0.29, 0.717) is 19.5 Å². The predicted octanol–water partition coefficient (Wildman–Crippen LogP) is 1.93. The summed E-state index contributed by atoms with van der Waals surface area (Å²) in [7, 11) is 0. The molecule has 25 heavy (non-hydrogen) atoms. The highest BCUT2D eigenvalue weighted by Gasteiger charge is 2.53. The molecule has 2 bridgehead atoms. The molecule has 5 heteroatoms. The van der Waals surface area contributed by atoms with Crippen LogP contribution in [0, 0.1) is 29.6 Å². The Kier molecular flexibility index (Phi) is 3.57. The Bertz CT molecular complexity index is 673. The number of fused-ring (bicyclic) bond motifs is 5. The lowest BCUT2D eigenvalue weighted by atomic mass is 9.82. The molecule has 2 amide bonds. The van der Waals surface area contributed by atoms with E-state index in [1.807, 2.05) is 17.0 Å². The standard InChI is InChI=1S/C20H25N3O2/c24-19-8-16(10-22(19)9-13-3-5-21-6-4-13)20(25)23-11-17-14-1-2-15(7-14)18(17)12-23/h3-6,14-18H,1-2,7-12H2/t14-,15+,16?,17-,18+. The van der Waals surface area contributed by atoms with E-state index in [4.69, 9.17) is 0 Å². The molecule has 2 saturated heterocycles. The topological polar surface area (TPSA) is 53.5 Å². The number of carbonyl (C=O) groups excluding carboxylic acids is 2. The molecule has 5 nitrogen and oxygen atoms in total. The quantitative estimate of drug-likeness (QED) is 0.846. The van der Waals surface area contributed by atoms with Gasteiger partial charge in [0.15, 0.2) is 0 Å². The Morgan fingerprint density at radius 1 is 1.08 bits per heavy atom. The summed E-state index contributed by atoms with van der Waals surface area (Å²) in [5, 5.41) is 0. The number of pyridine rings is 1. The second kappa shape index (κ2) is 5.82. The Balaban J connectivity index is 1.23. The molecule has 0 spiro atoms. The third kappa shape index (κ3) is 2.55. The Labute approximate surface area is 148 Å². The van der Waals surface area contributed by atoms with Gasteiger partial charge in [-0.15, -0.1) is 0 Å². The first-order valence-electron chi connectivity index (χ1n) is 9.64. The van der Waals surface area contributed by atoms with Gasteiger partial charge in [-0.2, -0.15) is 0 Å². The number of hydrogen-bond acceptors (Lipinski definition) is 3. The summed E-state index contributed by atoms with van der Waals surface area (Å²) in [4.78, 5) is 33.3. The van der Waals surface area contributed by atoms with E-state index < -0.39 is 0 Å². The summed E-state index contributed by atoms with van der Waals surface area (Å²) < 4.78 is 0. The van der Waals surface area contributed by atoms with Crippen LogP contribution < -0.4 is 0 Å². The zero-order valence-electron chi connectivity index (χ0n) is 14.5. The van der Waals surface area contributed by atoms with Gasteiger partial charge in [0, 0.05) is 45.0 Å². The van der Waals surface area contributed by atoms with Crippen LogP contribution in [0.3, 0.4) is 0 Å². The maximum Gasteiger partial charge on any atom is 0.228 e. The van der Waals surface area contributed by atoms with Gasteiger partial charge in [0.1, 0.15) is 0 Å². The third-order valence-corrected chi connectivity index (χ3v) is 7.14. The van der Waals surface area contributed by atoms with Crippen molar-refractivity contribution in [1.29, 1.82) is 0 Å². The van der Waals surface area contributed by atoms with Gasteiger partial charge in [-0.25, -0.2) is 0 Å². The first-order chi connectivity index (χ1) is 12.2. The van der Waals surface area contributed by atoms with Crippen LogP contribution in [-0.2, 0) is 16.1 Å². The van der Waals surface area contributed by atoms with Gasteiger partial charge in [-0.1, -0.05) is 0 Å². The fourth-order valence-corrected chi connectivity index (χ4v) is 5.92. The van der Waals surface area contributed by atoms with Crippen LogP contribution in [0.1, 0.15) is 31.2 Å². The van der Waals surface area contributed by atoms with Crippen molar-refractivity contribution >= 4 is 11.8 Å². The molecule has 5 atom stereocenters. The second-order valence-electron chi connectivity index (χ2n) is 8.43. The Morgan fingerprint density at radius 2 is 1.76 bits per heavy atom. The summed E-state index contributed by atoms with van der Waals surface area (Å²) in [5.74, 6) is 3.39. The van der Waals surface area contributed by atoms with Gasteiger partial charge in [-0.3, -0.25) is 14.6 Å². The smallest absolute Gasteiger partial charge is 0.228 e. The lowest BCUT2D eigenvalue weighted by Crippen LogP contribution is -2.36. The van der Waals surface area contributed by atoms with Crippen LogP contribution in [0.4, 0.5) is 0 Å². The number of amides is 2. The average molecular weight is 339 g/mol. The lowest BCUT2D eigenvalue weighted by molar-refractivity contribution is -0.135. The molecular formula is C20H25N3O2. The fraction of sp³-hybridized carbons (Fsp3) is 0.650. The van der Waals surface area contributed by atoms with E-state index in [-0.39, 0.29) is 17.7 Å². The number of nitrogens with zero attached hydrogens (tertiary/aromatic N) is 3. The van der Waals surface area contributed by atoms with E-state index in [1.54, 1.807) is 12.4 Å². The molecule has 1 aromatic rings. The highest BCUT2D eigenvalue weighted by Crippen LogP contribution is 2.55. The molecule has 0 aromatic carbocycles. The summed E-state index contributed by atoms with van der Waals surface area (Å²) >= 11 is 0. The molecule has 0 radical (unpaired) electrons. The van der Waals surface area contributed by atoms with Gasteiger partial charge in [0.05, 0.1) is 5.92 Å². The fourth-order valence-electron chi connectivity index (χ4n) is 5.92. The molecule has 4 aliphatic rings. The van der Waals surface area contributed by atoms with Gasteiger partial charge in [-0.05, 0) is 60.6 Å². The van der Waals surface area contributed by atoms with Crippen LogP contribution in [0.5, 0.6) is 0 Å². The molecule has 4 fully saturated rings. The second-order valence-corrected chi connectivity index (χ2v) is 8.43. The monoisotopic (exact) mass is 339 g/mol. The highest BCUT2D eigenvalue weighted by molar-refractivity contribution is 5.89. The van der Waals surface area contributed by atoms with Crippen LogP contribution in [0.25, 0.3) is 0 Å². The molecule has 2 saturated carbocycles. The Hall–Kier alpha value is -1.91. The van der Waals surface area contributed by atoms with E-state index in [0.717, 1.165) is 42.3 Å². The maximum atomic E-state index is 13.0. The Morgan fingerprint density at radius 3 is 2.44 bits per heavy atom. The van der Waals surface area contributed by atoms with Gasteiger partial charge in [0.2, 0.25) is 11.8 Å². The lowest BCUT2D eigenvalue weighted by Gasteiger charge is -2.22. The van der Waals surface area contributed by atoms with Crippen LogP contribution in [0.15, 0.2) is 24.5 Å². The van der Waals surface area contributed by atoms with Gasteiger partial charge < -0.3 is 9.80 Å². The van der Waals surface area contributed by atoms with Crippen LogP contribution in [-0.4, -0.2) is 46.2 Å². The number of likely N-dealkylation sites (tertiary alicyclic amines) is 2. The van der Waals surface area contributed by atoms with E-state index in [1.165, 1.54) is 19.3 Å². The van der Waals surface area contributed by atoms with Gasteiger partial charge in [0.25, 0.3) is 0 Å².